The first-order chi connectivity index (χ1) is 9.81. The van der Waals surface area contributed by atoms with Crippen molar-refractivity contribution in [1.82, 2.24) is 5.32 Å². The fourth-order valence-electron chi connectivity index (χ4n) is 2.51. The highest BCUT2D eigenvalue weighted by Gasteiger charge is 2.22. The third-order valence-electron chi connectivity index (χ3n) is 3.87. The van der Waals surface area contributed by atoms with Gasteiger partial charge in [-0.2, -0.15) is 0 Å². The Morgan fingerprint density at radius 3 is 2.60 bits per heavy atom. The van der Waals surface area contributed by atoms with E-state index in [1.165, 1.54) is 39.9 Å². The summed E-state index contributed by atoms with van der Waals surface area (Å²) in [5, 5.41) is 3.69. The van der Waals surface area contributed by atoms with Gasteiger partial charge in [0.05, 0.1) is 3.79 Å². The highest BCUT2D eigenvalue weighted by molar-refractivity contribution is 9.11. The van der Waals surface area contributed by atoms with E-state index in [9.17, 15) is 0 Å². The molecule has 1 nitrogen and oxygen atoms in total. The number of hydrogen-bond acceptors (Lipinski definition) is 2. The van der Waals surface area contributed by atoms with Crippen LogP contribution in [0.25, 0.3) is 0 Å². The Morgan fingerprint density at radius 2 is 1.95 bits per heavy atom. The van der Waals surface area contributed by atoms with Gasteiger partial charge in [-0.15, -0.1) is 11.3 Å². The number of rotatable bonds is 7. The number of aryl methyl sites for hydroxylation is 1. The lowest BCUT2D eigenvalue weighted by Crippen LogP contribution is -2.23. The zero-order valence-corrected chi connectivity index (χ0v) is 13.9. The Hall–Kier alpha value is -0.640. The first-order valence-corrected chi connectivity index (χ1v) is 8.95. The molecule has 1 unspecified atom stereocenters. The number of benzene rings is 1. The average Bonchev–Trinajstić information content (AvgIpc) is 3.21. The molecule has 3 heteroatoms. The minimum Gasteiger partial charge on any atom is -0.313 e. The highest BCUT2D eigenvalue weighted by atomic mass is 79.9. The molecule has 1 heterocycles. The minimum absolute atomic E-state index is 0.623. The zero-order valence-electron chi connectivity index (χ0n) is 11.5. The fourth-order valence-corrected chi connectivity index (χ4v) is 4.01. The van der Waals surface area contributed by atoms with Crippen molar-refractivity contribution >= 4 is 27.3 Å². The van der Waals surface area contributed by atoms with E-state index in [-0.39, 0.29) is 0 Å². The van der Waals surface area contributed by atoms with E-state index < -0.39 is 0 Å². The number of nitrogens with one attached hydrogen (secondary N) is 1. The largest absolute Gasteiger partial charge is 0.313 e. The van der Waals surface area contributed by atoms with Gasteiger partial charge in [0.25, 0.3) is 0 Å². The van der Waals surface area contributed by atoms with Crippen molar-refractivity contribution in [2.75, 3.05) is 6.54 Å². The number of halogens is 1. The van der Waals surface area contributed by atoms with Crippen LogP contribution < -0.4 is 5.32 Å². The van der Waals surface area contributed by atoms with Gasteiger partial charge in [0.15, 0.2) is 0 Å². The topological polar surface area (TPSA) is 12.0 Å². The standard InChI is InChI=1S/C17H20BrNS/c18-17-11-10-16(20-17)9-6-14(12-19-15-7-8-15)13-4-2-1-3-5-13/h1-5,10-11,14-15,19H,6-9,12H2. The smallest absolute Gasteiger partial charge is 0.0701 e. The fraction of sp³-hybridized carbons (Fsp3) is 0.412. The van der Waals surface area contributed by atoms with Crippen LogP contribution in [-0.4, -0.2) is 12.6 Å². The molecule has 1 fully saturated rings. The normalized spacial score (nSPS) is 16.2. The molecule has 0 amide bonds. The second kappa shape index (κ2) is 6.88. The van der Waals surface area contributed by atoms with Crippen molar-refractivity contribution in [3.8, 4) is 0 Å². The summed E-state index contributed by atoms with van der Waals surface area (Å²) in [6, 6.07) is 16.1. The lowest BCUT2D eigenvalue weighted by molar-refractivity contribution is 0.549. The first kappa shape index (κ1) is 14.3. The van der Waals surface area contributed by atoms with E-state index in [2.05, 4.69) is 63.7 Å². The molecule has 1 atom stereocenters. The highest BCUT2D eigenvalue weighted by Crippen LogP contribution is 2.28. The van der Waals surface area contributed by atoms with Gasteiger partial charge in [-0.3, -0.25) is 0 Å². The SMILES string of the molecule is Brc1ccc(CCC(CNC2CC2)c2ccccc2)s1. The quantitative estimate of drug-likeness (QED) is 0.743. The summed E-state index contributed by atoms with van der Waals surface area (Å²) >= 11 is 5.41. The Kier molecular flexibility index (Phi) is 4.92. The van der Waals surface area contributed by atoms with Crippen LogP contribution in [0.4, 0.5) is 0 Å². The molecule has 0 aliphatic heterocycles. The molecule has 1 N–H and O–H groups in total. The van der Waals surface area contributed by atoms with Gasteiger partial charge in [-0.25, -0.2) is 0 Å². The molecule has 0 radical (unpaired) electrons. The molecule has 106 valence electrons. The minimum atomic E-state index is 0.623. The van der Waals surface area contributed by atoms with Crippen LogP contribution in [0.1, 0.15) is 35.6 Å². The number of thiophene rings is 1. The molecule has 20 heavy (non-hydrogen) atoms. The van der Waals surface area contributed by atoms with Crippen LogP contribution in [0.2, 0.25) is 0 Å². The van der Waals surface area contributed by atoms with Crippen LogP contribution in [0, 0.1) is 0 Å². The van der Waals surface area contributed by atoms with E-state index >= 15 is 0 Å². The van der Waals surface area contributed by atoms with Gasteiger partial charge < -0.3 is 5.32 Å². The second-order valence-electron chi connectivity index (χ2n) is 5.53. The van der Waals surface area contributed by atoms with Crippen LogP contribution in [0.15, 0.2) is 46.3 Å². The molecular weight excluding hydrogens is 330 g/mol. The van der Waals surface area contributed by atoms with Gasteiger partial charge >= 0.3 is 0 Å². The summed E-state index contributed by atoms with van der Waals surface area (Å²) in [6.45, 7) is 1.11. The van der Waals surface area contributed by atoms with Gasteiger partial charge in [-0.1, -0.05) is 30.3 Å². The molecule has 1 aromatic carbocycles. The third-order valence-corrected chi connectivity index (χ3v) is 5.55. The molecule has 0 bridgehead atoms. The molecule has 1 saturated carbocycles. The molecular formula is C17H20BrNS. The summed E-state index contributed by atoms with van der Waals surface area (Å²) in [7, 11) is 0. The number of hydrogen-bond donors (Lipinski definition) is 1. The third kappa shape index (κ3) is 4.18. The van der Waals surface area contributed by atoms with Crippen LogP contribution in [-0.2, 0) is 6.42 Å². The molecule has 0 saturated heterocycles. The van der Waals surface area contributed by atoms with Crippen molar-refractivity contribution in [1.29, 1.82) is 0 Å². The van der Waals surface area contributed by atoms with Crippen LogP contribution >= 0.6 is 27.3 Å². The van der Waals surface area contributed by atoms with Crippen molar-refractivity contribution in [3.63, 3.8) is 0 Å². The monoisotopic (exact) mass is 349 g/mol. The van der Waals surface area contributed by atoms with E-state index in [0.29, 0.717) is 5.92 Å². The van der Waals surface area contributed by atoms with E-state index in [4.69, 9.17) is 0 Å². The zero-order chi connectivity index (χ0) is 13.8. The van der Waals surface area contributed by atoms with Crippen molar-refractivity contribution in [2.45, 2.75) is 37.6 Å². The van der Waals surface area contributed by atoms with Crippen molar-refractivity contribution in [3.05, 3.63) is 56.7 Å². The van der Waals surface area contributed by atoms with Crippen molar-refractivity contribution < 1.29 is 0 Å². The summed E-state index contributed by atoms with van der Waals surface area (Å²) in [4.78, 5) is 1.48. The Labute approximate surface area is 133 Å². The Morgan fingerprint density at radius 1 is 1.15 bits per heavy atom. The molecule has 1 aromatic heterocycles. The first-order valence-electron chi connectivity index (χ1n) is 7.34. The molecule has 2 aromatic rings. The van der Waals surface area contributed by atoms with Gasteiger partial charge in [0.2, 0.25) is 0 Å². The van der Waals surface area contributed by atoms with Crippen LogP contribution in [0.5, 0.6) is 0 Å². The summed E-state index contributed by atoms with van der Waals surface area (Å²) in [5.41, 5.74) is 1.47. The maximum Gasteiger partial charge on any atom is 0.0701 e. The second-order valence-corrected chi connectivity index (χ2v) is 8.08. The summed E-state index contributed by atoms with van der Waals surface area (Å²) in [6.07, 6.45) is 5.11. The predicted molar refractivity (Wildman–Crippen MR) is 90.5 cm³/mol. The molecule has 1 aliphatic rings. The maximum absolute atomic E-state index is 3.69. The Balaban J connectivity index is 1.61. The molecule has 0 spiro atoms. The molecule has 1 aliphatic carbocycles. The lowest BCUT2D eigenvalue weighted by atomic mass is 9.94. The predicted octanol–water partition coefficient (Wildman–Crippen LogP) is 4.98. The van der Waals surface area contributed by atoms with Gasteiger partial charge in [0, 0.05) is 17.5 Å². The maximum atomic E-state index is 3.69. The van der Waals surface area contributed by atoms with E-state index in [1.807, 2.05) is 11.3 Å². The van der Waals surface area contributed by atoms with Gasteiger partial charge in [-0.05, 0) is 65.2 Å². The van der Waals surface area contributed by atoms with Gasteiger partial charge in [0.1, 0.15) is 0 Å². The summed E-state index contributed by atoms with van der Waals surface area (Å²) < 4.78 is 1.24. The van der Waals surface area contributed by atoms with Crippen LogP contribution in [0.3, 0.4) is 0 Å². The summed E-state index contributed by atoms with van der Waals surface area (Å²) in [5.74, 6) is 0.623. The van der Waals surface area contributed by atoms with E-state index in [1.54, 1.807) is 0 Å². The van der Waals surface area contributed by atoms with E-state index in [0.717, 1.165) is 12.6 Å². The lowest BCUT2D eigenvalue weighted by Gasteiger charge is -2.18. The Bertz CT molecular complexity index is 533. The van der Waals surface area contributed by atoms with Crippen molar-refractivity contribution in [2.24, 2.45) is 0 Å². The average molecular weight is 350 g/mol. The molecule has 3 rings (SSSR count).